The molecule has 22 heavy (non-hydrogen) atoms. The lowest BCUT2D eigenvalue weighted by molar-refractivity contribution is -0.118. The summed E-state index contributed by atoms with van der Waals surface area (Å²) in [4.78, 5) is 23.4. The lowest BCUT2D eigenvalue weighted by atomic mass is 10.1. The Kier molecular flexibility index (Phi) is 5.27. The van der Waals surface area contributed by atoms with Crippen LogP contribution in [0.3, 0.4) is 0 Å². The molecule has 2 aromatic carbocycles. The molecule has 0 unspecified atom stereocenters. The molecule has 0 radical (unpaired) electrons. The Morgan fingerprint density at radius 3 is 2.64 bits per heavy atom. The van der Waals surface area contributed by atoms with Crippen molar-refractivity contribution in [3.05, 3.63) is 58.3 Å². The SMILES string of the molecule is CC(=O)c1ccccc1NC(=O)COc1ccc(F)cc1Br. The number of Topliss-reactive ketones (excluding diaryl/α,β-unsaturated/α-hetero) is 1. The number of halogens is 2. The van der Waals surface area contributed by atoms with E-state index in [0.29, 0.717) is 21.5 Å². The average Bonchev–Trinajstić information content (AvgIpc) is 2.46. The molecule has 0 saturated carbocycles. The Labute approximate surface area is 135 Å². The maximum Gasteiger partial charge on any atom is 0.262 e. The Bertz CT molecular complexity index is 718. The van der Waals surface area contributed by atoms with Gasteiger partial charge in [0.15, 0.2) is 12.4 Å². The summed E-state index contributed by atoms with van der Waals surface area (Å²) in [5.41, 5.74) is 0.862. The summed E-state index contributed by atoms with van der Waals surface area (Å²) in [5.74, 6) is -0.599. The zero-order chi connectivity index (χ0) is 16.1. The third-order valence-electron chi connectivity index (χ3n) is 2.83. The number of hydrogen-bond acceptors (Lipinski definition) is 3. The molecular formula is C16H13BrFNO3. The van der Waals surface area contributed by atoms with E-state index in [1.807, 2.05) is 0 Å². The van der Waals surface area contributed by atoms with Crippen LogP contribution in [0.1, 0.15) is 17.3 Å². The van der Waals surface area contributed by atoms with Crippen molar-refractivity contribution in [1.29, 1.82) is 0 Å². The van der Waals surface area contributed by atoms with Crippen molar-refractivity contribution in [2.75, 3.05) is 11.9 Å². The quantitative estimate of drug-likeness (QED) is 0.819. The van der Waals surface area contributed by atoms with Crippen LogP contribution in [0.15, 0.2) is 46.9 Å². The first-order valence-electron chi connectivity index (χ1n) is 6.45. The molecule has 0 heterocycles. The number of carbonyl (C=O) groups excluding carboxylic acids is 2. The van der Waals surface area contributed by atoms with Gasteiger partial charge in [-0.15, -0.1) is 0 Å². The highest BCUT2D eigenvalue weighted by molar-refractivity contribution is 9.10. The van der Waals surface area contributed by atoms with Gasteiger partial charge in [0.05, 0.1) is 10.2 Å². The monoisotopic (exact) mass is 365 g/mol. The molecule has 0 fully saturated rings. The summed E-state index contributed by atoms with van der Waals surface area (Å²) < 4.78 is 18.7. The van der Waals surface area contributed by atoms with Crippen molar-refractivity contribution in [3.63, 3.8) is 0 Å². The predicted octanol–water partition coefficient (Wildman–Crippen LogP) is 3.81. The van der Waals surface area contributed by atoms with E-state index in [9.17, 15) is 14.0 Å². The zero-order valence-electron chi connectivity index (χ0n) is 11.7. The summed E-state index contributed by atoms with van der Waals surface area (Å²) in [6.07, 6.45) is 0. The van der Waals surface area contributed by atoms with Crippen molar-refractivity contribution in [1.82, 2.24) is 0 Å². The summed E-state index contributed by atoms with van der Waals surface area (Å²) in [7, 11) is 0. The van der Waals surface area contributed by atoms with E-state index >= 15 is 0 Å². The molecule has 0 saturated heterocycles. The number of anilines is 1. The predicted molar refractivity (Wildman–Crippen MR) is 84.7 cm³/mol. The van der Waals surface area contributed by atoms with Gasteiger partial charge in [0.25, 0.3) is 5.91 Å². The van der Waals surface area contributed by atoms with Gasteiger partial charge in [0.2, 0.25) is 0 Å². The fraction of sp³-hybridized carbons (Fsp3) is 0.125. The van der Waals surface area contributed by atoms with Gasteiger partial charge in [0.1, 0.15) is 11.6 Å². The Morgan fingerprint density at radius 2 is 1.95 bits per heavy atom. The normalized spacial score (nSPS) is 10.1. The smallest absolute Gasteiger partial charge is 0.262 e. The van der Waals surface area contributed by atoms with Crippen LogP contribution in [0.4, 0.5) is 10.1 Å². The molecule has 0 aromatic heterocycles. The second-order valence-electron chi connectivity index (χ2n) is 4.51. The van der Waals surface area contributed by atoms with E-state index < -0.39 is 11.7 Å². The fourth-order valence-corrected chi connectivity index (χ4v) is 2.29. The molecule has 0 atom stereocenters. The third-order valence-corrected chi connectivity index (χ3v) is 3.45. The number of carbonyl (C=O) groups is 2. The number of benzene rings is 2. The van der Waals surface area contributed by atoms with Gasteiger partial charge in [-0.3, -0.25) is 9.59 Å². The van der Waals surface area contributed by atoms with E-state index in [1.54, 1.807) is 24.3 Å². The minimum absolute atomic E-state index is 0.141. The number of amides is 1. The zero-order valence-corrected chi connectivity index (χ0v) is 13.3. The van der Waals surface area contributed by atoms with Gasteiger partial charge in [-0.25, -0.2) is 4.39 Å². The van der Waals surface area contributed by atoms with Crippen LogP contribution >= 0.6 is 15.9 Å². The lowest BCUT2D eigenvalue weighted by Gasteiger charge is -2.11. The second-order valence-corrected chi connectivity index (χ2v) is 5.37. The van der Waals surface area contributed by atoms with Gasteiger partial charge in [0, 0.05) is 5.56 Å². The molecule has 0 bridgehead atoms. The standard InChI is InChI=1S/C16H13BrFNO3/c1-10(20)12-4-2-3-5-14(12)19-16(21)9-22-15-7-6-11(18)8-13(15)17/h2-8H,9H2,1H3,(H,19,21). The van der Waals surface area contributed by atoms with Crippen molar-refractivity contribution in [3.8, 4) is 5.75 Å². The number of nitrogens with one attached hydrogen (secondary N) is 1. The molecule has 0 spiro atoms. The first-order valence-corrected chi connectivity index (χ1v) is 7.24. The van der Waals surface area contributed by atoms with Crippen LogP contribution in [0.5, 0.6) is 5.75 Å². The lowest BCUT2D eigenvalue weighted by Crippen LogP contribution is -2.21. The first-order chi connectivity index (χ1) is 10.5. The largest absolute Gasteiger partial charge is 0.483 e. The van der Waals surface area contributed by atoms with E-state index in [1.165, 1.54) is 25.1 Å². The van der Waals surface area contributed by atoms with Gasteiger partial charge in [-0.1, -0.05) is 12.1 Å². The molecule has 1 N–H and O–H groups in total. The van der Waals surface area contributed by atoms with Crippen LogP contribution in [-0.2, 0) is 4.79 Å². The number of rotatable bonds is 5. The molecule has 2 aromatic rings. The van der Waals surface area contributed by atoms with E-state index in [2.05, 4.69) is 21.2 Å². The second kappa shape index (κ2) is 7.17. The molecule has 0 aliphatic carbocycles. The molecule has 6 heteroatoms. The van der Waals surface area contributed by atoms with Gasteiger partial charge in [-0.2, -0.15) is 0 Å². The average molecular weight is 366 g/mol. The molecule has 4 nitrogen and oxygen atoms in total. The Balaban J connectivity index is 2.00. The molecule has 114 valence electrons. The van der Waals surface area contributed by atoms with E-state index in [-0.39, 0.29) is 12.4 Å². The highest BCUT2D eigenvalue weighted by atomic mass is 79.9. The summed E-state index contributed by atoms with van der Waals surface area (Å²) >= 11 is 3.15. The van der Waals surface area contributed by atoms with Crippen LogP contribution in [0, 0.1) is 5.82 Å². The van der Waals surface area contributed by atoms with Crippen molar-refractivity contribution in [2.24, 2.45) is 0 Å². The Hall–Kier alpha value is -2.21. The Morgan fingerprint density at radius 1 is 1.23 bits per heavy atom. The summed E-state index contributed by atoms with van der Waals surface area (Å²) in [6.45, 7) is 1.17. The molecular weight excluding hydrogens is 353 g/mol. The fourth-order valence-electron chi connectivity index (χ4n) is 1.82. The minimum Gasteiger partial charge on any atom is -0.483 e. The number of para-hydroxylation sites is 1. The molecule has 2 rings (SSSR count). The van der Waals surface area contributed by atoms with Gasteiger partial charge >= 0.3 is 0 Å². The van der Waals surface area contributed by atoms with Gasteiger partial charge in [-0.05, 0) is 53.2 Å². The highest BCUT2D eigenvalue weighted by Crippen LogP contribution is 2.25. The van der Waals surface area contributed by atoms with Crippen LogP contribution in [0.2, 0.25) is 0 Å². The molecule has 0 aliphatic heterocycles. The maximum absolute atomic E-state index is 13.0. The van der Waals surface area contributed by atoms with Crippen molar-refractivity contribution < 1.29 is 18.7 Å². The van der Waals surface area contributed by atoms with E-state index in [0.717, 1.165) is 0 Å². The maximum atomic E-state index is 13.0. The number of hydrogen-bond donors (Lipinski definition) is 1. The van der Waals surface area contributed by atoms with Crippen LogP contribution < -0.4 is 10.1 Å². The van der Waals surface area contributed by atoms with Gasteiger partial charge < -0.3 is 10.1 Å². The summed E-state index contributed by atoms with van der Waals surface area (Å²) in [6, 6.07) is 10.6. The van der Waals surface area contributed by atoms with Crippen LogP contribution in [0.25, 0.3) is 0 Å². The molecule has 0 aliphatic rings. The van der Waals surface area contributed by atoms with Crippen molar-refractivity contribution >= 4 is 33.3 Å². The highest BCUT2D eigenvalue weighted by Gasteiger charge is 2.11. The molecule has 1 amide bonds. The first kappa shape index (κ1) is 16.2. The van der Waals surface area contributed by atoms with Crippen LogP contribution in [-0.4, -0.2) is 18.3 Å². The summed E-state index contributed by atoms with van der Waals surface area (Å²) in [5, 5.41) is 2.62. The van der Waals surface area contributed by atoms with Crippen molar-refractivity contribution in [2.45, 2.75) is 6.92 Å². The number of ether oxygens (including phenoxy) is 1. The van der Waals surface area contributed by atoms with E-state index in [4.69, 9.17) is 4.74 Å². The topological polar surface area (TPSA) is 55.4 Å². The minimum atomic E-state index is -0.412. The number of ketones is 1. The third kappa shape index (κ3) is 4.14.